The third-order valence-electron chi connectivity index (χ3n) is 4.54. The van der Waals surface area contributed by atoms with Crippen molar-refractivity contribution >= 4 is 5.91 Å². The Kier molecular flexibility index (Phi) is 4.29. The van der Waals surface area contributed by atoms with E-state index in [4.69, 9.17) is 0 Å². The van der Waals surface area contributed by atoms with Gasteiger partial charge in [0, 0.05) is 25.0 Å². The van der Waals surface area contributed by atoms with Gasteiger partial charge in [-0.1, -0.05) is 44.2 Å². The van der Waals surface area contributed by atoms with Crippen LogP contribution in [-0.4, -0.2) is 29.9 Å². The van der Waals surface area contributed by atoms with Crippen molar-refractivity contribution in [1.82, 2.24) is 10.2 Å². The van der Waals surface area contributed by atoms with Crippen LogP contribution in [0.25, 0.3) is 0 Å². The van der Waals surface area contributed by atoms with Gasteiger partial charge < -0.3 is 10.2 Å². The second-order valence-corrected chi connectivity index (χ2v) is 6.93. The fraction of sp³-hybridized carbons (Fsp3) is 0.611. The highest BCUT2D eigenvalue weighted by Gasteiger charge is 2.39. The molecule has 0 bridgehead atoms. The van der Waals surface area contributed by atoms with E-state index >= 15 is 0 Å². The zero-order valence-corrected chi connectivity index (χ0v) is 13.1. The standard InChI is InChI=1S/C18H26N2O/c1-13(2)10-16-12-20(18(21)15-8-9-15)17(11-19-16)14-6-4-3-5-7-14/h3-7,13,15-17,19H,8-12H2,1-2H3. The normalized spacial score (nSPS) is 26.1. The third kappa shape index (κ3) is 3.46. The number of rotatable bonds is 4. The van der Waals surface area contributed by atoms with Crippen LogP contribution in [0.5, 0.6) is 0 Å². The minimum absolute atomic E-state index is 0.197. The largest absolute Gasteiger partial charge is 0.333 e. The molecule has 1 saturated heterocycles. The summed E-state index contributed by atoms with van der Waals surface area (Å²) in [5.74, 6) is 1.33. The van der Waals surface area contributed by atoms with E-state index in [1.807, 2.05) is 6.07 Å². The molecule has 0 aromatic heterocycles. The van der Waals surface area contributed by atoms with Crippen LogP contribution in [0.1, 0.15) is 44.7 Å². The molecule has 2 atom stereocenters. The van der Waals surface area contributed by atoms with Gasteiger partial charge in [-0.25, -0.2) is 0 Å². The molecule has 2 aliphatic rings. The number of nitrogens with zero attached hydrogens (tertiary/aromatic N) is 1. The zero-order valence-electron chi connectivity index (χ0n) is 13.1. The molecule has 1 aliphatic heterocycles. The highest BCUT2D eigenvalue weighted by Crippen LogP contribution is 2.35. The van der Waals surface area contributed by atoms with Gasteiger partial charge in [0.2, 0.25) is 5.91 Å². The molecule has 1 aliphatic carbocycles. The second-order valence-electron chi connectivity index (χ2n) is 6.93. The average Bonchev–Trinajstić information content (AvgIpc) is 3.31. The van der Waals surface area contributed by atoms with Gasteiger partial charge in [-0.3, -0.25) is 4.79 Å². The van der Waals surface area contributed by atoms with Crippen molar-refractivity contribution in [3.63, 3.8) is 0 Å². The minimum Gasteiger partial charge on any atom is -0.333 e. The van der Waals surface area contributed by atoms with Gasteiger partial charge in [0.25, 0.3) is 0 Å². The molecule has 0 radical (unpaired) electrons. The Labute approximate surface area is 127 Å². The molecule has 2 fully saturated rings. The number of hydrogen-bond acceptors (Lipinski definition) is 2. The maximum Gasteiger partial charge on any atom is 0.226 e. The van der Waals surface area contributed by atoms with Crippen LogP contribution in [0.3, 0.4) is 0 Å². The van der Waals surface area contributed by atoms with Gasteiger partial charge in [-0.15, -0.1) is 0 Å². The van der Waals surface area contributed by atoms with Crippen LogP contribution < -0.4 is 5.32 Å². The topological polar surface area (TPSA) is 32.3 Å². The van der Waals surface area contributed by atoms with Crippen LogP contribution >= 0.6 is 0 Å². The summed E-state index contributed by atoms with van der Waals surface area (Å²) in [6, 6.07) is 11.1. The lowest BCUT2D eigenvalue weighted by atomic mass is 9.96. The summed E-state index contributed by atoms with van der Waals surface area (Å²) in [7, 11) is 0. The molecule has 21 heavy (non-hydrogen) atoms. The SMILES string of the molecule is CC(C)CC1CN(C(=O)C2CC2)C(c2ccccc2)CN1. The summed E-state index contributed by atoms with van der Waals surface area (Å²) in [6.45, 7) is 6.23. The summed E-state index contributed by atoms with van der Waals surface area (Å²) in [5.41, 5.74) is 1.25. The lowest BCUT2D eigenvalue weighted by Crippen LogP contribution is -2.54. The summed E-state index contributed by atoms with van der Waals surface area (Å²) < 4.78 is 0. The number of benzene rings is 1. The molecular weight excluding hydrogens is 260 g/mol. The second kappa shape index (κ2) is 6.18. The Morgan fingerprint density at radius 3 is 2.62 bits per heavy atom. The quantitative estimate of drug-likeness (QED) is 0.923. The lowest BCUT2D eigenvalue weighted by Gasteiger charge is -2.41. The summed E-state index contributed by atoms with van der Waals surface area (Å²) >= 11 is 0. The first-order valence-corrected chi connectivity index (χ1v) is 8.24. The molecule has 1 amide bonds. The van der Waals surface area contributed by atoms with Gasteiger partial charge >= 0.3 is 0 Å². The third-order valence-corrected chi connectivity index (χ3v) is 4.54. The van der Waals surface area contributed by atoms with E-state index in [0.717, 1.165) is 32.4 Å². The van der Waals surface area contributed by atoms with Crippen LogP contribution in [0.4, 0.5) is 0 Å². The van der Waals surface area contributed by atoms with Gasteiger partial charge in [-0.05, 0) is 30.7 Å². The molecule has 1 aromatic carbocycles. The molecule has 1 heterocycles. The van der Waals surface area contributed by atoms with Gasteiger partial charge in [-0.2, -0.15) is 0 Å². The van der Waals surface area contributed by atoms with Gasteiger partial charge in [0.05, 0.1) is 6.04 Å². The van der Waals surface area contributed by atoms with Crippen molar-refractivity contribution in [2.75, 3.05) is 13.1 Å². The Balaban J connectivity index is 1.77. The van der Waals surface area contributed by atoms with Gasteiger partial charge in [0.1, 0.15) is 0 Å². The monoisotopic (exact) mass is 286 g/mol. The first-order chi connectivity index (χ1) is 10.1. The molecule has 3 rings (SSSR count). The van der Waals surface area contributed by atoms with Gasteiger partial charge in [0.15, 0.2) is 0 Å². The maximum absolute atomic E-state index is 12.7. The van der Waals surface area contributed by atoms with Crippen molar-refractivity contribution in [2.45, 2.75) is 45.2 Å². The smallest absolute Gasteiger partial charge is 0.226 e. The maximum atomic E-state index is 12.7. The summed E-state index contributed by atoms with van der Waals surface area (Å²) in [4.78, 5) is 14.8. The Hall–Kier alpha value is -1.35. The predicted molar refractivity (Wildman–Crippen MR) is 84.9 cm³/mol. The Morgan fingerprint density at radius 1 is 1.29 bits per heavy atom. The van der Waals surface area contributed by atoms with Crippen molar-refractivity contribution in [2.24, 2.45) is 11.8 Å². The number of amides is 1. The van der Waals surface area contributed by atoms with Crippen LogP contribution in [0.2, 0.25) is 0 Å². The predicted octanol–water partition coefficient (Wildman–Crippen LogP) is 2.98. The summed E-state index contributed by atoms with van der Waals surface area (Å²) in [5, 5.41) is 3.65. The highest BCUT2D eigenvalue weighted by molar-refractivity contribution is 5.81. The van der Waals surface area contributed by atoms with Crippen LogP contribution in [-0.2, 0) is 4.79 Å². The van der Waals surface area contributed by atoms with E-state index in [1.165, 1.54) is 5.56 Å². The Bertz CT molecular complexity index is 481. The zero-order chi connectivity index (χ0) is 14.8. The fourth-order valence-electron chi connectivity index (χ4n) is 3.33. The number of carbonyl (C=O) groups is 1. The Morgan fingerprint density at radius 2 is 2.00 bits per heavy atom. The number of carbonyl (C=O) groups excluding carboxylic acids is 1. The van der Waals surface area contributed by atoms with Crippen molar-refractivity contribution in [1.29, 1.82) is 0 Å². The van der Waals surface area contributed by atoms with E-state index in [2.05, 4.69) is 48.3 Å². The molecule has 2 unspecified atom stereocenters. The molecule has 1 saturated carbocycles. The summed E-state index contributed by atoms with van der Waals surface area (Å²) in [6.07, 6.45) is 3.30. The average molecular weight is 286 g/mol. The lowest BCUT2D eigenvalue weighted by molar-refractivity contribution is -0.136. The first kappa shape index (κ1) is 14.6. The molecule has 1 aromatic rings. The van der Waals surface area contributed by atoms with E-state index in [0.29, 0.717) is 23.8 Å². The number of piperazine rings is 1. The minimum atomic E-state index is 0.197. The molecule has 3 heteroatoms. The van der Waals surface area contributed by atoms with E-state index in [9.17, 15) is 4.79 Å². The van der Waals surface area contributed by atoms with Crippen molar-refractivity contribution in [3.05, 3.63) is 35.9 Å². The van der Waals surface area contributed by atoms with E-state index < -0.39 is 0 Å². The molecule has 0 spiro atoms. The van der Waals surface area contributed by atoms with Crippen molar-refractivity contribution < 1.29 is 4.79 Å². The fourth-order valence-corrected chi connectivity index (χ4v) is 3.33. The van der Waals surface area contributed by atoms with Crippen molar-refractivity contribution in [3.8, 4) is 0 Å². The highest BCUT2D eigenvalue weighted by atomic mass is 16.2. The number of nitrogens with one attached hydrogen (secondary N) is 1. The number of hydrogen-bond donors (Lipinski definition) is 1. The molecular formula is C18H26N2O. The van der Waals surface area contributed by atoms with E-state index in [-0.39, 0.29) is 6.04 Å². The first-order valence-electron chi connectivity index (χ1n) is 8.24. The van der Waals surface area contributed by atoms with Crippen LogP contribution in [0.15, 0.2) is 30.3 Å². The van der Waals surface area contributed by atoms with E-state index in [1.54, 1.807) is 0 Å². The molecule has 3 nitrogen and oxygen atoms in total. The molecule has 1 N–H and O–H groups in total. The van der Waals surface area contributed by atoms with Crippen LogP contribution in [0, 0.1) is 11.8 Å². The molecule has 114 valence electrons.